The summed E-state index contributed by atoms with van der Waals surface area (Å²) in [6.45, 7) is 5.16. The molecule has 0 spiro atoms. The molecule has 0 unspecified atom stereocenters. The number of benzene rings is 2. The molecule has 4 nitrogen and oxygen atoms in total. The van der Waals surface area contributed by atoms with Crippen LogP contribution >= 0.6 is 0 Å². The Hall–Kier alpha value is -2.33. The van der Waals surface area contributed by atoms with Gasteiger partial charge in [-0.2, -0.15) is 9.68 Å². The second-order valence-corrected chi connectivity index (χ2v) is 6.53. The first-order valence-corrected chi connectivity index (χ1v) is 8.13. The van der Waals surface area contributed by atoms with E-state index in [4.69, 9.17) is 4.74 Å². The van der Waals surface area contributed by atoms with Gasteiger partial charge in [-0.05, 0) is 31.5 Å². The molecule has 25 heavy (non-hydrogen) atoms. The Balaban J connectivity index is 0.00000225. The molecule has 0 bridgehead atoms. The molecule has 2 aromatic rings. The molecule has 1 heterocycles. The monoisotopic (exact) mass is 357 g/mol. The summed E-state index contributed by atoms with van der Waals surface area (Å²) in [5.41, 5.74) is 8.03. The highest BCUT2D eigenvalue weighted by Crippen LogP contribution is 2.37. The zero-order valence-corrected chi connectivity index (χ0v) is 15.8. The van der Waals surface area contributed by atoms with E-state index < -0.39 is 0 Å². The molecule has 0 saturated carbocycles. The number of hydrazone groups is 1. The maximum absolute atomic E-state index is 5.17. The van der Waals surface area contributed by atoms with Crippen molar-refractivity contribution in [1.29, 1.82) is 0 Å². The molecule has 5 heteroatoms. The summed E-state index contributed by atoms with van der Waals surface area (Å²) < 4.78 is 7.39. The van der Waals surface area contributed by atoms with Gasteiger partial charge >= 0.3 is 0 Å². The van der Waals surface area contributed by atoms with Crippen LogP contribution in [0.3, 0.4) is 0 Å². The molecular weight excluding hydrogens is 334 g/mol. The third-order valence-electron chi connectivity index (χ3n) is 4.66. The fourth-order valence-corrected chi connectivity index (χ4v) is 3.22. The Morgan fingerprint density at radius 2 is 1.80 bits per heavy atom. The molecule has 1 N–H and O–H groups in total. The number of halogens is 1. The summed E-state index contributed by atoms with van der Waals surface area (Å²) in [5, 5.41) is 4.44. The largest absolute Gasteiger partial charge is 1.00 e. The summed E-state index contributed by atoms with van der Waals surface area (Å²) >= 11 is 0. The lowest BCUT2D eigenvalue weighted by Crippen LogP contribution is -3.00. The molecular formula is C20H24ClN3O. The van der Waals surface area contributed by atoms with E-state index in [0.29, 0.717) is 6.54 Å². The van der Waals surface area contributed by atoms with Crippen LogP contribution in [0.2, 0.25) is 0 Å². The van der Waals surface area contributed by atoms with Crippen molar-refractivity contribution in [2.45, 2.75) is 25.8 Å². The Morgan fingerprint density at radius 1 is 1.12 bits per heavy atom. The Kier molecular flexibility index (Phi) is 5.85. The molecule has 2 aromatic carbocycles. The van der Waals surface area contributed by atoms with E-state index >= 15 is 0 Å². The van der Waals surface area contributed by atoms with Gasteiger partial charge in [-0.15, -0.1) is 0 Å². The number of methoxy groups -OCH3 is 1. The average Bonchev–Trinajstić information content (AvgIpc) is 2.80. The lowest BCUT2D eigenvalue weighted by atomic mass is 9.82. The summed E-state index contributed by atoms with van der Waals surface area (Å²) in [5.74, 6) is 0.866. The first kappa shape index (κ1) is 19.0. The van der Waals surface area contributed by atoms with Crippen LogP contribution in [-0.4, -0.2) is 30.7 Å². The zero-order chi connectivity index (χ0) is 17.2. The first-order chi connectivity index (χ1) is 11.5. The molecule has 1 aliphatic rings. The van der Waals surface area contributed by atoms with Gasteiger partial charge in [0.1, 0.15) is 19.0 Å². The van der Waals surface area contributed by atoms with E-state index in [1.165, 1.54) is 22.5 Å². The number of rotatable bonds is 5. The smallest absolute Gasteiger partial charge is 0.212 e. The lowest BCUT2D eigenvalue weighted by Gasteiger charge is -2.14. The standard InChI is InChI=1S/C20H23N3O.ClH/c1-20(2)17-7-5-6-8-18(17)23(3)19(20)14-22-21-13-15-9-11-16(24-4)12-10-15;/h5-12,14H,13H2,1-4H3;1H. The number of nitrogens with zero attached hydrogens (tertiary/aromatic N) is 2. The average molecular weight is 358 g/mol. The highest BCUT2D eigenvalue weighted by atomic mass is 35.5. The van der Waals surface area contributed by atoms with Crippen LogP contribution in [0.25, 0.3) is 0 Å². The Labute approximate surface area is 155 Å². The van der Waals surface area contributed by atoms with Crippen molar-refractivity contribution in [2.75, 3.05) is 14.2 Å². The van der Waals surface area contributed by atoms with Crippen molar-refractivity contribution in [3.8, 4) is 5.75 Å². The summed E-state index contributed by atoms with van der Waals surface area (Å²) in [7, 11) is 3.77. The number of nitrogens with one attached hydrogen (secondary N) is 1. The van der Waals surface area contributed by atoms with Crippen molar-refractivity contribution in [3.63, 3.8) is 0 Å². The Bertz CT molecular complexity index is 795. The van der Waals surface area contributed by atoms with E-state index in [1.54, 1.807) is 7.11 Å². The zero-order valence-electron chi connectivity index (χ0n) is 15.1. The van der Waals surface area contributed by atoms with Crippen LogP contribution in [-0.2, 0) is 12.0 Å². The van der Waals surface area contributed by atoms with Gasteiger partial charge in [0.25, 0.3) is 0 Å². The molecule has 0 aliphatic carbocycles. The topological polar surface area (TPSA) is 36.6 Å². The molecule has 0 radical (unpaired) electrons. The van der Waals surface area contributed by atoms with Gasteiger partial charge in [-0.1, -0.05) is 30.3 Å². The first-order valence-electron chi connectivity index (χ1n) is 8.13. The minimum absolute atomic E-state index is 0. The second-order valence-electron chi connectivity index (χ2n) is 6.53. The minimum Gasteiger partial charge on any atom is -1.00 e. The van der Waals surface area contributed by atoms with E-state index in [2.05, 4.69) is 60.3 Å². The maximum atomic E-state index is 5.17. The molecule has 0 aromatic heterocycles. The fourth-order valence-electron chi connectivity index (χ4n) is 3.22. The van der Waals surface area contributed by atoms with Crippen LogP contribution < -0.4 is 22.6 Å². The second kappa shape index (κ2) is 7.70. The normalized spacial score (nSPS) is 15.0. The predicted octanol–water partition coefficient (Wildman–Crippen LogP) is 0.481. The van der Waals surface area contributed by atoms with Gasteiger partial charge in [-0.3, -0.25) is 0 Å². The Morgan fingerprint density at radius 3 is 2.44 bits per heavy atom. The molecule has 0 atom stereocenters. The summed E-state index contributed by atoms with van der Waals surface area (Å²) in [4.78, 5) is 0. The predicted molar refractivity (Wildman–Crippen MR) is 98.6 cm³/mol. The maximum Gasteiger partial charge on any atom is 0.212 e. The third-order valence-corrected chi connectivity index (χ3v) is 4.66. The van der Waals surface area contributed by atoms with Crippen molar-refractivity contribution in [3.05, 3.63) is 59.7 Å². The summed E-state index contributed by atoms with van der Waals surface area (Å²) in [6, 6.07) is 16.5. The molecule has 0 saturated heterocycles. The molecule has 132 valence electrons. The van der Waals surface area contributed by atoms with Crippen LogP contribution in [0.1, 0.15) is 25.0 Å². The SMILES string of the molecule is COc1ccc(CNN=CC2=[N+](C)c3ccccc3C2(C)C)cc1.[Cl-]. The van der Waals surface area contributed by atoms with Crippen LogP contribution in [0.15, 0.2) is 53.6 Å². The fraction of sp³-hybridized carbons (Fsp3) is 0.300. The van der Waals surface area contributed by atoms with Crippen molar-refractivity contribution in [2.24, 2.45) is 5.10 Å². The quantitative estimate of drug-likeness (QED) is 0.480. The number of ether oxygens (including phenoxy) is 1. The van der Waals surface area contributed by atoms with Crippen molar-refractivity contribution in [1.82, 2.24) is 5.43 Å². The van der Waals surface area contributed by atoms with Gasteiger partial charge in [-0.25, -0.2) is 0 Å². The van der Waals surface area contributed by atoms with Gasteiger partial charge in [0.15, 0.2) is 0 Å². The molecule has 0 fully saturated rings. The van der Waals surface area contributed by atoms with Gasteiger partial charge in [0.05, 0.1) is 19.1 Å². The van der Waals surface area contributed by atoms with Gasteiger partial charge in [0, 0.05) is 11.6 Å². The number of fused-ring (bicyclic) bond motifs is 1. The van der Waals surface area contributed by atoms with Gasteiger partial charge in [0.2, 0.25) is 11.4 Å². The lowest BCUT2D eigenvalue weighted by molar-refractivity contribution is -0.400. The van der Waals surface area contributed by atoms with E-state index in [-0.39, 0.29) is 17.8 Å². The minimum atomic E-state index is -0.0450. The van der Waals surface area contributed by atoms with E-state index in [9.17, 15) is 0 Å². The number of hydrogen-bond acceptors (Lipinski definition) is 3. The molecule has 1 aliphatic heterocycles. The van der Waals surface area contributed by atoms with E-state index in [1.807, 2.05) is 30.5 Å². The third kappa shape index (κ3) is 3.69. The van der Waals surface area contributed by atoms with Crippen molar-refractivity contribution < 1.29 is 21.7 Å². The molecule has 0 amide bonds. The highest BCUT2D eigenvalue weighted by molar-refractivity contribution is 6.33. The van der Waals surface area contributed by atoms with Crippen molar-refractivity contribution >= 4 is 17.6 Å². The van der Waals surface area contributed by atoms with Crippen LogP contribution in [0, 0.1) is 0 Å². The highest BCUT2D eigenvalue weighted by Gasteiger charge is 2.43. The van der Waals surface area contributed by atoms with Crippen LogP contribution in [0.4, 0.5) is 5.69 Å². The van der Waals surface area contributed by atoms with Crippen LogP contribution in [0.5, 0.6) is 5.75 Å². The van der Waals surface area contributed by atoms with Gasteiger partial charge < -0.3 is 22.6 Å². The van der Waals surface area contributed by atoms with E-state index in [0.717, 1.165) is 5.75 Å². The number of para-hydroxylation sites is 1. The molecule has 3 rings (SSSR count). The number of hydrogen-bond donors (Lipinski definition) is 1. The summed E-state index contributed by atoms with van der Waals surface area (Å²) in [6.07, 6.45) is 1.93.